The molecule has 70 valence electrons. The Morgan fingerprint density at radius 3 is 2.86 bits per heavy atom. The number of nitrogens with zero attached hydrogens (tertiary/aromatic N) is 1. The van der Waals surface area contributed by atoms with Crippen LogP contribution < -0.4 is 0 Å². The lowest BCUT2D eigenvalue weighted by atomic mass is 10.00. The number of hydrogen-bond donors (Lipinski definition) is 0. The first-order valence-electron chi connectivity index (χ1n) is 4.67. The average Bonchev–Trinajstić information content (AvgIpc) is 2.61. The summed E-state index contributed by atoms with van der Waals surface area (Å²) >= 11 is 1.65. The molecule has 0 aliphatic carbocycles. The van der Waals surface area contributed by atoms with Crippen LogP contribution in [-0.2, 0) is 6.42 Å². The Hall–Kier alpha value is -1.33. The van der Waals surface area contributed by atoms with Gasteiger partial charge in [0.15, 0.2) is 0 Å². The molecule has 0 bridgehead atoms. The summed E-state index contributed by atoms with van der Waals surface area (Å²) in [6, 6.07) is 6.51. The van der Waals surface area contributed by atoms with Crippen molar-refractivity contribution in [1.29, 1.82) is 5.26 Å². The zero-order valence-corrected chi connectivity index (χ0v) is 9.11. The van der Waals surface area contributed by atoms with Crippen molar-refractivity contribution < 1.29 is 0 Å². The number of hydrogen-bond acceptors (Lipinski definition) is 2. The molecule has 0 spiro atoms. The Bertz CT molecular complexity index is 517. The third kappa shape index (κ3) is 1.21. The lowest BCUT2D eigenvalue weighted by molar-refractivity contribution is 1.13. The topological polar surface area (TPSA) is 23.8 Å². The number of aryl methyl sites for hydroxylation is 2. The van der Waals surface area contributed by atoms with Crippen LogP contribution in [0.4, 0.5) is 0 Å². The fourth-order valence-corrected chi connectivity index (χ4v) is 2.76. The van der Waals surface area contributed by atoms with E-state index in [0.717, 1.165) is 12.0 Å². The quantitative estimate of drug-likeness (QED) is 0.691. The Morgan fingerprint density at radius 2 is 2.21 bits per heavy atom. The van der Waals surface area contributed by atoms with Gasteiger partial charge in [0.25, 0.3) is 0 Å². The molecule has 0 unspecified atom stereocenters. The highest BCUT2D eigenvalue weighted by molar-refractivity contribution is 7.17. The molecule has 0 saturated carbocycles. The maximum Gasteiger partial charge on any atom is 0.101 e. The van der Waals surface area contributed by atoms with Crippen molar-refractivity contribution in [1.82, 2.24) is 0 Å². The molecule has 0 radical (unpaired) electrons. The molecule has 0 saturated heterocycles. The first-order chi connectivity index (χ1) is 6.77. The maximum atomic E-state index is 8.99. The molecule has 0 aliphatic rings. The summed E-state index contributed by atoms with van der Waals surface area (Å²) in [4.78, 5) is 0. The van der Waals surface area contributed by atoms with Crippen LogP contribution in [0.2, 0.25) is 0 Å². The second kappa shape index (κ2) is 3.43. The van der Waals surface area contributed by atoms with Crippen LogP contribution in [0.5, 0.6) is 0 Å². The van der Waals surface area contributed by atoms with Crippen molar-refractivity contribution in [3.63, 3.8) is 0 Å². The van der Waals surface area contributed by atoms with Crippen LogP contribution in [0.3, 0.4) is 0 Å². The normalized spacial score (nSPS) is 10.4. The monoisotopic (exact) mass is 201 g/mol. The molecule has 1 heterocycles. The Balaban J connectivity index is 2.90. The summed E-state index contributed by atoms with van der Waals surface area (Å²) in [6.07, 6.45) is 0.995. The predicted molar refractivity (Wildman–Crippen MR) is 60.7 cm³/mol. The van der Waals surface area contributed by atoms with Crippen molar-refractivity contribution in [2.45, 2.75) is 20.3 Å². The van der Waals surface area contributed by atoms with Crippen molar-refractivity contribution in [2.24, 2.45) is 0 Å². The summed E-state index contributed by atoms with van der Waals surface area (Å²) in [5, 5.41) is 12.1. The van der Waals surface area contributed by atoms with E-state index in [1.165, 1.54) is 21.2 Å². The van der Waals surface area contributed by atoms with Crippen LogP contribution in [0, 0.1) is 18.3 Å². The number of benzene rings is 1. The largest absolute Gasteiger partial charge is 0.192 e. The predicted octanol–water partition coefficient (Wildman–Crippen LogP) is 3.64. The molecule has 1 aromatic carbocycles. The van der Waals surface area contributed by atoms with Gasteiger partial charge in [-0.3, -0.25) is 0 Å². The molecule has 0 amide bonds. The Kier molecular flexibility index (Phi) is 2.26. The van der Waals surface area contributed by atoms with Crippen LogP contribution in [-0.4, -0.2) is 0 Å². The second-order valence-electron chi connectivity index (χ2n) is 3.35. The van der Waals surface area contributed by atoms with E-state index in [4.69, 9.17) is 5.26 Å². The van der Waals surface area contributed by atoms with Crippen LogP contribution in [0.15, 0.2) is 17.5 Å². The highest BCUT2D eigenvalue weighted by atomic mass is 32.1. The van der Waals surface area contributed by atoms with Gasteiger partial charge < -0.3 is 0 Å². The lowest BCUT2D eigenvalue weighted by Gasteiger charge is -2.04. The van der Waals surface area contributed by atoms with Gasteiger partial charge in [0.2, 0.25) is 0 Å². The minimum Gasteiger partial charge on any atom is -0.192 e. The van der Waals surface area contributed by atoms with Gasteiger partial charge in [0.05, 0.1) is 5.56 Å². The molecule has 1 aromatic heterocycles. The van der Waals surface area contributed by atoms with Gasteiger partial charge in [-0.1, -0.05) is 13.0 Å². The van der Waals surface area contributed by atoms with Crippen LogP contribution >= 0.6 is 11.3 Å². The number of fused-ring (bicyclic) bond motifs is 1. The number of rotatable bonds is 1. The van der Waals surface area contributed by atoms with Crippen LogP contribution in [0.25, 0.3) is 10.1 Å². The van der Waals surface area contributed by atoms with Crippen molar-refractivity contribution >= 4 is 21.4 Å². The lowest BCUT2D eigenvalue weighted by Crippen LogP contribution is -1.87. The molecule has 0 N–H and O–H groups in total. The van der Waals surface area contributed by atoms with Crippen molar-refractivity contribution in [2.75, 3.05) is 0 Å². The van der Waals surface area contributed by atoms with E-state index in [1.807, 2.05) is 5.38 Å². The van der Waals surface area contributed by atoms with E-state index >= 15 is 0 Å². The first kappa shape index (κ1) is 9.23. The highest BCUT2D eigenvalue weighted by Gasteiger charge is 2.09. The van der Waals surface area contributed by atoms with Crippen molar-refractivity contribution in [3.8, 4) is 6.07 Å². The van der Waals surface area contributed by atoms with Gasteiger partial charge in [0, 0.05) is 15.5 Å². The molecule has 2 heteroatoms. The molecule has 1 nitrogen and oxygen atoms in total. The summed E-state index contributed by atoms with van der Waals surface area (Å²) < 4.78 is 1.23. The molecule has 2 rings (SSSR count). The smallest absolute Gasteiger partial charge is 0.101 e. The van der Waals surface area contributed by atoms with Crippen molar-refractivity contribution in [3.05, 3.63) is 34.2 Å². The minimum atomic E-state index is 0.825. The van der Waals surface area contributed by atoms with Gasteiger partial charge in [-0.25, -0.2) is 0 Å². The molecule has 0 atom stereocenters. The van der Waals surface area contributed by atoms with Gasteiger partial charge in [-0.2, -0.15) is 5.26 Å². The van der Waals surface area contributed by atoms with E-state index in [-0.39, 0.29) is 0 Å². The maximum absolute atomic E-state index is 8.99. The third-order valence-electron chi connectivity index (χ3n) is 2.56. The minimum absolute atomic E-state index is 0.825. The van der Waals surface area contributed by atoms with Gasteiger partial charge in [-0.05, 0) is 30.5 Å². The SMILES string of the molecule is CCc1c(C)ccc2scc(C#N)c12. The molecule has 0 aliphatic heterocycles. The van der Waals surface area contributed by atoms with Crippen LogP contribution in [0.1, 0.15) is 23.6 Å². The molecule has 14 heavy (non-hydrogen) atoms. The van der Waals surface area contributed by atoms with Gasteiger partial charge in [-0.15, -0.1) is 11.3 Å². The fraction of sp³-hybridized carbons (Fsp3) is 0.250. The van der Waals surface area contributed by atoms with E-state index in [9.17, 15) is 0 Å². The molecule has 2 aromatic rings. The van der Waals surface area contributed by atoms with E-state index < -0.39 is 0 Å². The summed E-state index contributed by atoms with van der Waals surface area (Å²) in [5.74, 6) is 0. The molecular formula is C12H11NS. The number of thiophene rings is 1. The third-order valence-corrected chi connectivity index (χ3v) is 3.50. The van der Waals surface area contributed by atoms with Gasteiger partial charge in [0.1, 0.15) is 6.07 Å². The Morgan fingerprint density at radius 1 is 1.43 bits per heavy atom. The summed E-state index contributed by atoms with van der Waals surface area (Å²) in [6.45, 7) is 4.25. The van der Waals surface area contributed by atoms with Gasteiger partial charge >= 0.3 is 0 Å². The summed E-state index contributed by atoms with van der Waals surface area (Å²) in [7, 11) is 0. The summed E-state index contributed by atoms with van der Waals surface area (Å²) in [5.41, 5.74) is 3.43. The molecular weight excluding hydrogens is 190 g/mol. The fourth-order valence-electron chi connectivity index (χ4n) is 1.84. The number of nitriles is 1. The zero-order valence-electron chi connectivity index (χ0n) is 8.29. The zero-order chi connectivity index (χ0) is 10.1. The standard InChI is InChI=1S/C12H11NS/c1-3-10-8(2)4-5-11-12(10)9(6-13)7-14-11/h4-5,7H,3H2,1-2H3. The Labute approximate surface area is 87.6 Å². The highest BCUT2D eigenvalue weighted by Crippen LogP contribution is 2.30. The first-order valence-corrected chi connectivity index (χ1v) is 5.55. The van der Waals surface area contributed by atoms with E-state index in [2.05, 4.69) is 32.0 Å². The molecule has 0 fully saturated rings. The van der Waals surface area contributed by atoms with E-state index in [0.29, 0.717) is 0 Å². The van der Waals surface area contributed by atoms with E-state index in [1.54, 1.807) is 11.3 Å². The average molecular weight is 201 g/mol. The second-order valence-corrected chi connectivity index (χ2v) is 4.26.